The molecule has 0 amide bonds. The predicted octanol–water partition coefficient (Wildman–Crippen LogP) is 2.14. The number of carboxylic acid groups (broad SMARTS) is 1. The molecule has 7 heteroatoms. The summed E-state index contributed by atoms with van der Waals surface area (Å²) >= 11 is 17.2. The van der Waals surface area contributed by atoms with E-state index in [2.05, 4.69) is 4.99 Å². The van der Waals surface area contributed by atoms with Gasteiger partial charge in [0.2, 0.25) is 5.88 Å². The highest BCUT2D eigenvalue weighted by Crippen LogP contribution is 2.34. The molecule has 0 radical (unpaired) electrons. The third kappa shape index (κ3) is 3.36. The SMILES string of the molecule is O=C(O)COC1=C(Cl)CC(Cl)(Cl)C=N1. The molecular weight excluding hydrogens is 252 g/mol. The number of carbonyl (C=O) groups is 1. The number of halogens is 3. The maximum Gasteiger partial charge on any atom is 0.341 e. The highest BCUT2D eigenvalue weighted by Gasteiger charge is 2.28. The van der Waals surface area contributed by atoms with Crippen molar-refractivity contribution in [3.63, 3.8) is 0 Å². The van der Waals surface area contributed by atoms with Crippen molar-refractivity contribution in [1.82, 2.24) is 0 Å². The second-order valence-corrected chi connectivity index (χ2v) is 4.59. The fraction of sp³-hybridized carbons (Fsp3) is 0.429. The van der Waals surface area contributed by atoms with Crippen molar-refractivity contribution in [2.75, 3.05) is 6.61 Å². The molecule has 1 aliphatic rings. The highest BCUT2D eigenvalue weighted by molar-refractivity contribution is 6.57. The van der Waals surface area contributed by atoms with Crippen LogP contribution in [0.3, 0.4) is 0 Å². The monoisotopic (exact) mass is 257 g/mol. The summed E-state index contributed by atoms with van der Waals surface area (Å²) in [6.07, 6.45) is 1.40. The Labute approximate surface area is 95.1 Å². The lowest BCUT2D eigenvalue weighted by molar-refractivity contribution is -0.140. The Kier molecular flexibility index (Phi) is 3.64. The van der Waals surface area contributed by atoms with E-state index >= 15 is 0 Å². The molecule has 0 fully saturated rings. The van der Waals surface area contributed by atoms with E-state index < -0.39 is 16.9 Å². The Hall–Kier alpha value is -0.450. The first-order valence-corrected chi connectivity index (χ1v) is 4.70. The van der Waals surface area contributed by atoms with Crippen molar-refractivity contribution in [2.24, 2.45) is 4.99 Å². The van der Waals surface area contributed by atoms with Gasteiger partial charge in [0.25, 0.3) is 0 Å². The number of rotatable bonds is 3. The van der Waals surface area contributed by atoms with Crippen molar-refractivity contribution in [3.8, 4) is 0 Å². The first kappa shape index (κ1) is 11.6. The van der Waals surface area contributed by atoms with Gasteiger partial charge in [-0.3, -0.25) is 0 Å². The molecule has 1 rings (SSSR count). The van der Waals surface area contributed by atoms with E-state index in [1.54, 1.807) is 0 Å². The minimum absolute atomic E-state index is 0.0472. The Morgan fingerprint density at radius 1 is 1.71 bits per heavy atom. The van der Waals surface area contributed by atoms with Gasteiger partial charge in [-0.25, -0.2) is 9.79 Å². The van der Waals surface area contributed by atoms with Crippen molar-refractivity contribution in [3.05, 3.63) is 10.9 Å². The van der Waals surface area contributed by atoms with Gasteiger partial charge < -0.3 is 9.84 Å². The van der Waals surface area contributed by atoms with E-state index in [1.165, 1.54) is 6.21 Å². The summed E-state index contributed by atoms with van der Waals surface area (Å²) in [5.74, 6) is -1.06. The summed E-state index contributed by atoms with van der Waals surface area (Å²) in [6.45, 7) is -0.500. The van der Waals surface area contributed by atoms with Gasteiger partial charge in [-0.15, -0.1) is 0 Å². The minimum Gasteiger partial charge on any atom is -0.479 e. The molecular formula is C7H6Cl3NO3. The average Bonchev–Trinajstić information content (AvgIpc) is 2.00. The average molecular weight is 258 g/mol. The lowest BCUT2D eigenvalue weighted by Crippen LogP contribution is -2.20. The summed E-state index contributed by atoms with van der Waals surface area (Å²) in [6, 6.07) is 0. The zero-order valence-electron chi connectivity index (χ0n) is 6.84. The van der Waals surface area contributed by atoms with Gasteiger partial charge in [0.05, 0.1) is 5.03 Å². The molecule has 0 saturated carbocycles. The van der Waals surface area contributed by atoms with Crippen LogP contribution in [0.15, 0.2) is 15.9 Å². The van der Waals surface area contributed by atoms with Crippen molar-refractivity contribution >= 4 is 47.0 Å². The summed E-state index contributed by atoms with van der Waals surface area (Å²) < 4.78 is 3.64. The largest absolute Gasteiger partial charge is 0.479 e. The van der Waals surface area contributed by atoms with Gasteiger partial charge in [0, 0.05) is 12.6 Å². The van der Waals surface area contributed by atoms with Crippen LogP contribution in [-0.4, -0.2) is 28.2 Å². The fourth-order valence-corrected chi connectivity index (χ4v) is 1.61. The number of hydrogen-bond acceptors (Lipinski definition) is 3. The van der Waals surface area contributed by atoms with Crippen LogP contribution < -0.4 is 0 Å². The molecule has 0 aromatic heterocycles. The second-order valence-electron chi connectivity index (χ2n) is 2.59. The third-order valence-corrected chi connectivity index (χ3v) is 2.08. The molecule has 0 atom stereocenters. The number of carboxylic acids is 1. The quantitative estimate of drug-likeness (QED) is 0.789. The smallest absolute Gasteiger partial charge is 0.341 e. The molecule has 1 N–H and O–H groups in total. The number of ether oxygens (including phenoxy) is 1. The topological polar surface area (TPSA) is 58.9 Å². The summed E-state index contributed by atoms with van der Waals surface area (Å²) in [4.78, 5) is 13.9. The number of allylic oxidation sites excluding steroid dienone is 1. The Morgan fingerprint density at radius 2 is 2.36 bits per heavy atom. The molecule has 4 nitrogen and oxygen atoms in total. The van der Waals surface area contributed by atoms with Crippen LogP contribution in [0, 0.1) is 0 Å². The van der Waals surface area contributed by atoms with Gasteiger partial charge in [0.1, 0.15) is 0 Å². The van der Waals surface area contributed by atoms with Crippen molar-refractivity contribution < 1.29 is 14.6 Å². The molecule has 0 aromatic rings. The zero-order chi connectivity index (χ0) is 10.8. The summed E-state index contributed by atoms with van der Waals surface area (Å²) in [7, 11) is 0. The van der Waals surface area contributed by atoms with Crippen LogP contribution in [0.1, 0.15) is 6.42 Å². The maximum absolute atomic E-state index is 10.2. The molecule has 0 bridgehead atoms. The van der Waals surface area contributed by atoms with Gasteiger partial charge in [-0.05, 0) is 0 Å². The normalized spacial score (nSPS) is 19.6. The Balaban J connectivity index is 2.63. The van der Waals surface area contributed by atoms with E-state index in [1.807, 2.05) is 0 Å². The van der Waals surface area contributed by atoms with E-state index in [0.29, 0.717) is 0 Å². The number of alkyl halides is 2. The molecule has 0 spiro atoms. The van der Waals surface area contributed by atoms with E-state index in [0.717, 1.165) is 0 Å². The first-order chi connectivity index (χ1) is 6.41. The molecule has 1 aliphatic heterocycles. The summed E-state index contributed by atoms with van der Waals surface area (Å²) in [5, 5.41) is 8.55. The van der Waals surface area contributed by atoms with Gasteiger partial charge in [-0.2, -0.15) is 0 Å². The lowest BCUT2D eigenvalue weighted by Gasteiger charge is -2.19. The molecule has 78 valence electrons. The van der Waals surface area contributed by atoms with E-state index in [-0.39, 0.29) is 17.3 Å². The van der Waals surface area contributed by atoms with Crippen LogP contribution in [0.25, 0.3) is 0 Å². The number of aliphatic carboxylic acids is 1. The molecule has 0 unspecified atom stereocenters. The fourth-order valence-electron chi connectivity index (χ4n) is 0.797. The van der Waals surface area contributed by atoms with Crippen LogP contribution in [0.2, 0.25) is 0 Å². The van der Waals surface area contributed by atoms with Gasteiger partial charge in [-0.1, -0.05) is 34.8 Å². The van der Waals surface area contributed by atoms with Crippen LogP contribution in [-0.2, 0) is 9.53 Å². The van der Waals surface area contributed by atoms with Gasteiger partial charge >= 0.3 is 5.97 Å². The van der Waals surface area contributed by atoms with Gasteiger partial charge in [0.15, 0.2) is 10.9 Å². The number of nitrogens with zero attached hydrogens (tertiary/aromatic N) is 1. The Bertz CT molecular complexity index is 311. The van der Waals surface area contributed by atoms with E-state index in [4.69, 9.17) is 44.6 Å². The number of aliphatic imine (C=N–C) groups is 1. The lowest BCUT2D eigenvalue weighted by atomic mass is 10.2. The predicted molar refractivity (Wildman–Crippen MR) is 54.0 cm³/mol. The molecule has 0 aliphatic carbocycles. The molecule has 1 heterocycles. The van der Waals surface area contributed by atoms with E-state index in [9.17, 15) is 4.79 Å². The zero-order valence-corrected chi connectivity index (χ0v) is 9.10. The first-order valence-electron chi connectivity index (χ1n) is 3.57. The Morgan fingerprint density at radius 3 is 2.86 bits per heavy atom. The molecule has 14 heavy (non-hydrogen) atoms. The van der Waals surface area contributed by atoms with Crippen molar-refractivity contribution in [1.29, 1.82) is 0 Å². The van der Waals surface area contributed by atoms with Crippen molar-refractivity contribution in [2.45, 2.75) is 10.8 Å². The standard InChI is InChI=1S/C7H6Cl3NO3/c8-4-1-7(9,10)3-11-6(4)14-2-5(12)13/h3H,1-2H2,(H,12,13). The minimum atomic E-state index is -1.15. The third-order valence-electron chi connectivity index (χ3n) is 1.33. The molecule has 0 saturated heterocycles. The second kappa shape index (κ2) is 4.38. The maximum atomic E-state index is 10.2. The number of hydrogen-bond donors (Lipinski definition) is 1. The van der Waals surface area contributed by atoms with Crippen LogP contribution in [0.4, 0.5) is 0 Å². The van der Waals surface area contributed by atoms with Crippen LogP contribution >= 0.6 is 34.8 Å². The molecule has 0 aromatic carbocycles. The highest BCUT2D eigenvalue weighted by atomic mass is 35.5. The van der Waals surface area contributed by atoms with Crippen LogP contribution in [0.5, 0.6) is 0 Å². The summed E-state index contributed by atoms with van der Waals surface area (Å²) in [5.41, 5.74) is 0.